The van der Waals surface area contributed by atoms with Crippen LogP contribution in [0.4, 0.5) is 0 Å². The minimum Gasteiger partial charge on any atom is -0.294 e. The van der Waals surface area contributed by atoms with Gasteiger partial charge in [-0.3, -0.25) is 4.79 Å². The molecule has 12 heavy (non-hydrogen) atoms. The van der Waals surface area contributed by atoms with Gasteiger partial charge in [0.15, 0.2) is 5.78 Å². The summed E-state index contributed by atoms with van der Waals surface area (Å²) in [5.74, 6) is 1.55. The lowest BCUT2D eigenvalue weighted by atomic mass is 10.3. The monoisotopic (exact) mass is 181 g/mol. The summed E-state index contributed by atoms with van der Waals surface area (Å²) in [5.41, 5.74) is 0. The van der Waals surface area contributed by atoms with Gasteiger partial charge < -0.3 is 0 Å². The molecule has 0 amide bonds. The Bertz CT molecular complexity index is 318. The van der Waals surface area contributed by atoms with Crippen molar-refractivity contribution in [2.24, 2.45) is 5.92 Å². The van der Waals surface area contributed by atoms with Gasteiger partial charge in [-0.2, -0.15) is 0 Å². The van der Waals surface area contributed by atoms with Crippen LogP contribution in [0.1, 0.15) is 40.9 Å². The van der Waals surface area contributed by atoms with Crippen molar-refractivity contribution >= 4 is 17.1 Å². The number of carbonyl (C=O) groups is 1. The van der Waals surface area contributed by atoms with Gasteiger partial charge in [0, 0.05) is 19.0 Å². The molecule has 1 aromatic heterocycles. The van der Waals surface area contributed by atoms with E-state index in [-0.39, 0.29) is 5.78 Å². The largest absolute Gasteiger partial charge is 0.294 e. The highest BCUT2D eigenvalue weighted by Gasteiger charge is 2.36. The number of rotatable bonds is 2. The number of aromatic nitrogens is 1. The van der Waals surface area contributed by atoms with Crippen LogP contribution in [0.25, 0.3) is 0 Å². The standard InChI is InChI=1S/C9H11NOS/c1-5-3-7(5)9-10-4-8(12-9)6(2)11/h4-5,7H,3H2,1-2H3. The van der Waals surface area contributed by atoms with E-state index in [0.717, 1.165) is 15.8 Å². The van der Waals surface area contributed by atoms with Gasteiger partial charge >= 0.3 is 0 Å². The van der Waals surface area contributed by atoms with Gasteiger partial charge in [0.1, 0.15) is 0 Å². The summed E-state index contributed by atoms with van der Waals surface area (Å²) in [7, 11) is 0. The number of hydrogen-bond donors (Lipinski definition) is 0. The third-order valence-electron chi connectivity index (χ3n) is 2.30. The van der Waals surface area contributed by atoms with E-state index in [1.54, 1.807) is 24.5 Å². The maximum absolute atomic E-state index is 11.0. The summed E-state index contributed by atoms with van der Waals surface area (Å²) < 4.78 is 0. The van der Waals surface area contributed by atoms with E-state index in [1.807, 2.05) is 0 Å². The number of carbonyl (C=O) groups excluding carboxylic acids is 1. The topological polar surface area (TPSA) is 30.0 Å². The molecule has 0 N–H and O–H groups in total. The molecule has 2 unspecified atom stereocenters. The summed E-state index contributed by atoms with van der Waals surface area (Å²) >= 11 is 1.55. The van der Waals surface area contributed by atoms with Crippen molar-refractivity contribution in [3.05, 3.63) is 16.1 Å². The lowest BCUT2D eigenvalue weighted by Gasteiger charge is -1.86. The molecule has 0 bridgehead atoms. The van der Waals surface area contributed by atoms with Crippen LogP contribution in [0.5, 0.6) is 0 Å². The molecule has 1 aromatic rings. The van der Waals surface area contributed by atoms with E-state index in [9.17, 15) is 4.79 Å². The first-order chi connectivity index (χ1) is 5.68. The minimum atomic E-state index is 0.132. The number of ketones is 1. The van der Waals surface area contributed by atoms with Gasteiger partial charge in [-0.25, -0.2) is 4.98 Å². The van der Waals surface area contributed by atoms with Gasteiger partial charge in [-0.15, -0.1) is 11.3 Å². The fraction of sp³-hybridized carbons (Fsp3) is 0.556. The highest BCUT2D eigenvalue weighted by molar-refractivity contribution is 7.13. The van der Waals surface area contributed by atoms with E-state index in [2.05, 4.69) is 11.9 Å². The Morgan fingerprint density at radius 1 is 1.75 bits per heavy atom. The van der Waals surface area contributed by atoms with Crippen molar-refractivity contribution in [2.75, 3.05) is 0 Å². The van der Waals surface area contributed by atoms with Crippen LogP contribution in [-0.2, 0) is 0 Å². The number of Topliss-reactive ketones (excluding diaryl/α,β-unsaturated/α-hetero) is 1. The molecule has 3 heteroatoms. The molecule has 0 spiro atoms. The molecule has 2 nitrogen and oxygen atoms in total. The second-order valence-electron chi connectivity index (χ2n) is 3.44. The molecule has 0 radical (unpaired) electrons. The summed E-state index contributed by atoms with van der Waals surface area (Å²) in [6, 6.07) is 0. The van der Waals surface area contributed by atoms with Gasteiger partial charge in [0.25, 0.3) is 0 Å². The predicted octanol–water partition coefficient (Wildman–Crippen LogP) is 2.47. The average molecular weight is 181 g/mol. The van der Waals surface area contributed by atoms with Crippen LogP contribution in [0.2, 0.25) is 0 Å². The maximum atomic E-state index is 11.0. The van der Waals surface area contributed by atoms with Gasteiger partial charge in [-0.1, -0.05) is 6.92 Å². The molecule has 0 aliphatic heterocycles. The zero-order valence-corrected chi connectivity index (χ0v) is 8.02. The molecule has 64 valence electrons. The van der Waals surface area contributed by atoms with Crippen LogP contribution in [0.3, 0.4) is 0 Å². The van der Waals surface area contributed by atoms with Crippen molar-refractivity contribution in [1.82, 2.24) is 4.98 Å². The SMILES string of the molecule is CC(=O)c1cnc(C2CC2C)s1. The molecule has 1 heterocycles. The van der Waals surface area contributed by atoms with Crippen molar-refractivity contribution in [2.45, 2.75) is 26.2 Å². The molecule has 1 aliphatic carbocycles. The second kappa shape index (κ2) is 2.66. The molecular weight excluding hydrogens is 170 g/mol. The van der Waals surface area contributed by atoms with E-state index < -0.39 is 0 Å². The van der Waals surface area contributed by atoms with Crippen LogP contribution < -0.4 is 0 Å². The average Bonchev–Trinajstić information content (AvgIpc) is 2.59. The zero-order valence-electron chi connectivity index (χ0n) is 7.20. The first-order valence-corrected chi connectivity index (χ1v) is 4.97. The zero-order chi connectivity index (χ0) is 8.72. The number of nitrogens with zero attached hydrogens (tertiary/aromatic N) is 1. The van der Waals surface area contributed by atoms with Crippen molar-refractivity contribution < 1.29 is 4.79 Å². The summed E-state index contributed by atoms with van der Waals surface area (Å²) in [6.07, 6.45) is 2.94. The molecule has 2 atom stereocenters. The third kappa shape index (κ3) is 1.29. The fourth-order valence-corrected chi connectivity index (χ4v) is 2.35. The Balaban J connectivity index is 2.19. The predicted molar refractivity (Wildman–Crippen MR) is 48.6 cm³/mol. The highest BCUT2D eigenvalue weighted by atomic mass is 32.1. The quantitative estimate of drug-likeness (QED) is 0.656. The van der Waals surface area contributed by atoms with Gasteiger partial charge in [0.2, 0.25) is 0 Å². The lowest BCUT2D eigenvalue weighted by molar-refractivity contribution is 0.102. The Hall–Kier alpha value is -0.700. The molecule has 2 rings (SSSR count). The number of thiazole rings is 1. The lowest BCUT2D eigenvalue weighted by Crippen LogP contribution is -1.83. The van der Waals surface area contributed by atoms with Crippen molar-refractivity contribution in [3.63, 3.8) is 0 Å². The second-order valence-corrected chi connectivity index (χ2v) is 4.50. The molecule has 0 aromatic carbocycles. The molecule has 1 fully saturated rings. The highest BCUT2D eigenvalue weighted by Crippen LogP contribution is 2.47. The Kier molecular flexibility index (Phi) is 1.76. The molecular formula is C9H11NOS. The van der Waals surface area contributed by atoms with E-state index >= 15 is 0 Å². The first-order valence-electron chi connectivity index (χ1n) is 4.15. The maximum Gasteiger partial charge on any atom is 0.171 e. The van der Waals surface area contributed by atoms with Crippen LogP contribution in [-0.4, -0.2) is 10.8 Å². The molecule has 0 saturated heterocycles. The third-order valence-corrected chi connectivity index (χ3v) is 3.53. The van der Waals surface area contributed by atoms with Gasteiger partial charge in [-0.05, 0) is 12.3 Å². The summed E-state index contributed by atoms with van der Waals surface area (Å²) in [4.78, 5) is 16.0. The smallest absolute Gasteiger partial charge is 0.171 e. The van der Waals surface area contributed by atoms with Gasteiger partial charge in [0.05, 0.1) is 9.88 Å². The van der Waals surface area contributed by atoms with E-state index in [1.165, 1.54) is 6.42 Å². The number of hydrogen-bond acceptors (Lipinski definition) is 3. The van der Waals surface area contributed by atoms with E-state index in [0.29, 0.717) is 5.92 Å². The Labute approximate surface area is 75.6 Å². The van der Waals surface area contributed by atoms with Crippen LogP contribution >= 0.6 is 11.3 Å². The van der Waals surface area contributed by atoms with Crippen molar-refractivity contribution in [3.8, 4) is 0 Å². The normalized spacial score (nSPS) is 27.2. The summed E-state index contributed by atoms with van der Waals surface area (Å²) in [5, 5.41) is 1.15. The van der Waals surface area contributed by atoms with Crippen LogP contribution in [0.15, 0.2) is 6.20 Å². The Morgan fingerprint density at radius 3 is 2.83 bits per heavy atom. The Morgan fingerprint density at radius 2 is 2.42 bits per heavy atom. The molecule has 1 saturated carbocycles. The van der Waals surface area contributed by atoms with E-state index in [4.69, 9.17) is 0 Å². The van der Waals surface area contributed by atoms with Crippen molar-refractivity contribution in [1.29, 1.82) is 0 Å². The minimum absolute atomic E-state index is 0.132. The summed E-state index contributed by atoms with van der Waals surface area (Å²) in [6.45, 7) is 3.81. The van der Waals surface area contributed by atoms with Crippen LogP contribution in [0, 0.1) is 5.92 Å². The molecule has 1 aliphatic rings. The fourth-order valence-electron chi connectivity index (χ4n) is 1.29. The first kappa shape index (κ1) is 7.92.